The van der Waals surface area contributed by atoms with E-state index in [0.29, 0.717) is 18.1 Å². The maximum absolute atomic E-state index is 8.93. The van der Waals surface area contributed by atoms with Crippen LogP contribution in [0.1, 0.15) is 46.0 Å². The molecule has 0 aromatic rings. The van der Waals surface area contributed by atoms with Crippen LogP contribution in [0.2, 0.25) is 0 Å². The van der Waals surface area contributed by atoms with Gasteiger partial charge in [-0.1, -0.05) is 19.8 Å². The van der Waals surface area contributed by atoms with Crippen LogP contribution in [-0.4, -0.2) is 30.1 Å². The monoisotopic (exact) mass is 453 g/mol. The minimum absolute atomic E-state index is 0. The van der Waals surface area contributed by atoms with Crippen molar-refractivity contribution in [1.29, 1.82) is 0 Å². The van der Waals surface area contributed by atoms with Crippen LogP contribution in [-0.2, 0) is 30.7 Å². The van der Waals surface area contributed by atoms with Gasteiger partial charge in [-0.25, -0.2) is 0 Å². The van der Waals surface area contributed by atoms with E-state index in [4.69, 9.17) is 25.5 Å². The van der Waals surface area contributed by atoms with Crippen molar-refractivity contribution in [2.24, 2.45) is 5.73 Å². The molecule has 1 unspecified atom stereocenters. The van der Waals surface area contributed by atoms with Crippen molar-refractivity contribution in [3.63, 3.8) is 0 Å². The molecule has 114 valence electrons. The van der Waals surface area contributed by atoms with Gasteiger partial charge >= 0.3 is 21.1 Å². The van der Waals surface area contributed by atoms with E-state index >= 15 is 0 Å². The molecule has 0 aromatic carbocycles. The molecule has 1 fully saturated rings. The topological polar surface area (TPSA) is 118 Å². The molecular weight excluding hydrogens is 431 g/mol. The molecule has 19 heavy (non-hydrogen) atoms. The Kier molecular flexibility index (Phi) is 12.5. The second kappa shape index (κ2) is 11.4. The first-order valence-corrected chi connectivity index (χ1v) is 6.32. The third-order valence-corrected chi connectivity index (χ3v) is 3.10. The number of hydrogen-bond donors (Lipinski definition) is 2. The fraction of sp³-hybridized carbons (Fsp3) is 0.833. The van der Waals surface area contributed by atoms with Gasteiger partial charge in [0.15, 0.2) is 0 Å². The quantitative estimate of drug-likeness (QED) is 0.484. The summed E-state index contributed by atoms with van der Waals surface area (Å²) in [5.74, 6) is -4.37. The van der Waals surface area contributed by atoms with Crippen molar-refractivity contribution in [3.8, 4) is 0 Å². The van der Waals surface area contributed by atoms with E-state index < -0.39 is 11.9 Å². The third kappa shape index (κ3) is 10.0. The number of rotatable bonds is 3. The first kappa shape index (κ1) is 20.9. The summed E-state index contributed by atoms with van der Waals surface area (Å²) < 4.78 is 0. The normalized spacial score (nSPS) is 23.3. The Labute approximate surface area is 128 Å². The Bertz CT molecular complexity index is 264. The number of carboxylic acid groups (broad SMARTS) is 2. The Hall–Kier alpha value is -0.452. The van der Waals surface area contributed by atoms with Crippen LogP contribution in [0.4, 0.5) is 0 Å². The number of carbonyl (C=O) groups is 2. The maximum atomic E-state index is 8.93. The number of aliphatic carboxylic acids is 2. The maximum Gasteiger partial charge on any atom is 2.00 e. The van der Waals surface area contributed by atoms with Gasteiger partial charge in [0.2, 0.25) is 0 Å². The molecule has 0 spiro atoms. The van der Waals surface area contributed by atoms with Crippen LogP contribution in [0.15, 0.2) is 0 Å². The molecule has 1 rings (SSSR count). The van der Waals surface area contributed by atoms with Gasteiger partial charge in [0.25, 0.3) is 0 Å². The largest absolute Gasteiger partial charge is 2.00 e. The van der Waals surface area contributed by atoms with E-state index in [-0.39, 0.29) is 21.1 Å². The van der Waals surface area contributed by atoms with Gasteiger partial charge in [-0.05, 0) is 26.2 Å². The fourth-order valence-electron chi connectivity index (χ4n) is 1.85. The van der Waals surface area contributed by atoms with E-state index in [0.717, 1.165) is 0 Å². The van der Waals surface area contributed by atoms with Gasteiger partial charge in [0.05, 0.1) is 11.9 Å². The zero-order valence-electron chi connectivity index (χ0n) is 11.3. The summed E-state index contributed by atoms with van der Waals surface area (Å²) in [6.45, 7) is 4.45. The Morgan fingerprint density at radius 3 is 2.11 bits per heavy atom. The van der Waals surface area contributed by atoms with Gasteiger partial charge < -0.3 is 30.9 Å². The van der Waals surface area contributed by atoms with Crippen molar-refractivity contribution in [2.45, 2.75) is 64.1 Å². The van der Waals surface area contributed by atoms with Crippen LogP contribution in [0.5, 0.6) is 0 Å². The van der Waals surface area contributed by atoms with E-state index in [1.54, 1.807) is 0 Å². The van der Waals surface area contributed by atoms with E-state index in [9.17, 15) is 0 Å². The van der Waals surface area contributed by atoms with Gasteiger partial charge in [0, 0.05) is 18.1 Å². The van der Waals surface area contributed by atoms with Gasteiger partial charge in [-0.2, -0.15) is 0 Å². The molecular formula is C12H22N2O4Pt. The number of hydrogen-bond acceptors (Lipinski definition) is 6. The Morgan fingerprint density at radius 2 is 1.74 bits per heavy atom. The molecule has 0 heterocycles. The SMILES string of the molecule is CCC(C)N[C@@H]1CCCC[C@H]1N.O=C([O-])C(=O)[O-].[Pt+2]. The number of nitrogens with one attached hydrogen (secondary N) is 1. The zero-order valence-corrected chi connectivity index (χ0v) is 13.6. The van der Waals surface area contributed by atoms with Crippen LogP contribution in [0.3, 0.4) is 0 Å². The molecule has 0 aromatic heterocycles. The molecule has 0 saturated heterocycles. The minimum Gasteiger partial charge on any atom is -0.543 e. The van der Waals surface area contributed by atoms with Crippen LogP contribution in [0, 0.1) is 0 Å². The average molecular weight is 453 g/mol. The third-order valence-electron chi connectivity index (χ3n) is 3.10. The second-order valence-corrected chi connectivity index (χ2v) is 4.61. The molecule has 6 nitrogen and oxygen atoms in total. The van der Waals surface area contributed by atoms with E-state index in [2.05, 4.69) is 19.2 Å². The molecule has 0 amide bonds. The second-order valence-electron chi connectivity index (χ2n) is 4.61. The molecule has 3 N–H and O–H groups in total. The minimum atomic E-state index is -2.19. The summed E-state index contributed by atoms with van der Waals surface area (Å²) in [5, 5.41) is 21.4. The molecule has 7 heteroatoms. The zero-order chi connectivity index (χ0) is 14.1. The Morgan fingerprint density at radius 1 is 1.26 bits per heavy atom. The van der Waals surface area contributed by atoms with E-state index in [1.807, 2.05) is 0 Å². The molecule has 3 atom stereocenters. The summed E-state index contributed by atoms with van der Waals surface area (Å²) in [7, 11) is 0. The van der Waals surface area contributed by atoms with Crippen molar-refractivity contribution >= 4 is 11.9 Å². The molecule has 0 bridgehead atoms. The van der Waals surface area contributed by atoms with Crippen LogP contribution >= 0.6 is 0 Å². The molecule has 1 saturated carbocycles. The van der Waals surface area contributed by atoms with Crippen LogP contribution in [0.25, 0.3) is 0 Å². The summed E-state index contributed by atoms with van der Waals surface area (Å²) in [6.07, 6.45) is 6.34. The fourth-order valence-corrected chi connectivity index (χ4v) is 1.85. The molecule has 1 aliphatic rings. The Balaban J connectivity index is 0. The molecule has 0 aliphatic heterocycles. The number of nitrogens with two attached hydrogens (primary N) is 1. The molecule has 1 aliphatic carbocycles. The first-order valence-electron chi connectivity index (χ1n) is 6.32. The smallest absolute Gasteiger partial charge is 0.543 e. The van der Waals surface area contributed by atoms with Crippen molar-refractivity contribution < 1.29 is 40.9 Å². The first-order chi connectivity index (χ1) is 8.38. The number of carboxylic acids is 2. The van der Waals surface area contributed by atoms with Crippen molar-refractivity contribution in [2.75, 3.05) is 0 Å². The van der Waals surface area contributed by atoms with E-state index in [1.165, 1.54) is 32.1 Å². The van der Waals surface area contributed by atoms with Crippen LogP contribution < -0.4 is 21.3 Å². The molecule has 0 radical (unpaired) electrons. The number of carbonyl (C=O) groups excluding carboxylic acids is 2. The predicted molar refractivity (Wildman–Crippen MR) is 63.1 cm³/mol. The standard InChI is InChI=1S/C10H22N2.C2H2O4.Pt/c1-3-8(2)12-10-7-5-4-6-9(10)11;3-1(4)2(5)6;/h8-10,12H,3-7,11H2,1-2H3;(H,3,4)(H,5,6);/q;;+2/p-2/t8?,9-,10-;;/m1../s1. The summed E-state index contributed by atoms with van der Waals surface area (Å²) >= 11 is 0. The van der Waals surface area contributed by atoms with Gasteiger partial charge in [-0.3, -0.25) is 0 Å². The summed E-state index contributed by atoms with van der Waals surface area (Å²) in [6, 6.07) is 1.60. The van der Waals surface area contributed by atoms with Crippen molar-refractivity contribution in [1.82, 2.24) is 5.32 Å². The van der Waals surface area contributed by atoms with Gasteiger partial charge in [-0.15, -0.1) is 0 Å². The average Bonchev–Trinajstić information content (AvgIpc) is 2.32. The van der Waals surface area contributed by atoms with Gasteiger partial charge in [0.1, 0.15) is 0 Å². The summed E-state index contributed by atoms with van der Waals surface area (Å²) in [4.78, 5) is 17.9. The summed E-state index contributed by atoms with van der Waals surface area (Å²) in [5.41, 5.74) is 6.02. The van der Waals surface area contributed by atoms with Crippen molar-refractivity contribution in [3.05, 3.63) is 0 Å². The predicted octanol–water partition coefficient (Wildman–Crippen LogP) is -1.87.